The highest BCUT2D eigenvalue weighted by Gasteiger charge is 2.19. The van der Waals surface area contributed by atoms with Gasteiger partial charge in [0.15, 0.2) is 0 Å². The van der Waals surface area contributed by atoms with Gasteiger partial charge in [0.2, 0.25) is 0 Å². The van der Waals surface area contributed by atoms with E-state index in [0.29, 0.717) is 0 Å². The molecule has 1 saturated heterocycles. The second-order valence-corrected chi connectivity index (χ2v) is 4.35. The van der Waals surface area contributed by atoms with Crippen molar-refractivity contribution in [1.82, 2.24) is 4.90 Å². The average molecular weight is 205 g/mol. The molecule has 1 N–H and O–H groups in total. The largest absolute Gasteiger partial charge is 0.392 e. The van der Waals surface area contributed by atoms with Crippen molar-refractivity contribution in [3.63, 3.8) is 0 Å². The second kappa shape index (κ2) is 4.77. The normalized spacial score (nSPS) is 22.1. The van der Waals surface area contributed by atoms with E-state index < -0.39 is 0 Å². The molecule has 0 bridgehead atoms. The Morgan fingerprint density at radius 3 is 2.87 bits per heavy atom. The highest BCUT2D eigenvalue weighted by atomic mass is 16.3. The molecule has 2 nitrogen and oxygen atoms in total. The summed E-state index contributed by atoms with van der Waals surface area (Å²) in [4.78, 5) is 2.32. The van der Waals surface area contributed by atoms with Gasteiger partial charge in [0.1, 0.15) is 0 Å². The fraction of sp³-hybridized carbons (Fsp3) is 0.538. The van der Waals surface area contributed by atoms with Crippen molar-refractivity contribution in [3.8, 4) is 0 Å². The molecule has 1 aliphatic rings. The van der Waals surface area contributed by atoms with Crippen LogP contribution in [0.5, 0.6) is 0 Å². The number of benzene rings is 1. The quantitative estimate of drug-likeness (QED) is 0.813. The molecule has 1 atom stereocenters. The van der Waals surface area contributed by atoms with Gasteiger partial charge in [-0.1, -0.05) is 31.2 Å². The van der Waals surface area contributed by atoms with Crippen LogP contribution in [0.3, 0.4) is 0 Å². The van der Waals surface area contributed by atoms with Crippen molar-refractivity contribution in [2.75, 3.05) is 13.1 Å². The lowest BCUT2D eigenvalue weighted by Crippen LogP contribution is -2.21. The Morgan fingerprint density at radius 2 is 2.20 bits per heavy atom. The summed E-state index contributed by atoms with van der Waals surface area (Å²) in [6.45, 7) is 5.01. The highest BCUT2D eigenvalue weighted by molar-refractivity contribution is 5.23. The first-order chi connectivity index (χ1) is 7.28. The Kier molecular flexibility index (Phi) is 3.39. The minimum Gasteiger partial charge on any atom is -0.392 e. The molecule has 15 heavy (non-hydrogen) atoms. The molecule has 0 aromatic heterocycles. The molecule has 1 aliphatic heterocycles. The Balaban J connectivity index is 1.98. The van der Waals surface area contributed by atoms with Gasteiger partial charge < -0.3 is 5.11 Å². The van der Waals surface area contributed by atoms with Gasteiger partial charge in [-0.2, -0.15) is 0 Å². The Bertz CT molecular complexity index is 324. The molecule has 82 valence electrons. The van der Waals surface area contributed by atoms with E-state index in [0.717, 1.165) is 32.5 Å². The third kappa shape index (κ3) is 2.80. The lowest BCUT2D eigenvalue weighted by Gasteiger charge is -2.15. The van der Waals surface area contributed by atoms with Crippen molar-refractivity contribution in [1.29, 1.82) is 0 Å². The van der Waals surface area contributed by atoms with Crippen LogP contribution in [0.1, 0.15) is 24.5 Å². The van der Waals surface area contributed by atoms with Crippen molar-refractivity contribution < 1.29 is 5.11 Å². The van der Waals surface area contributed by atoms with E-state index in [1.54, 1.807) is 0 Å². The zero-order valence-electron chi connectivity index (χ0n) is 9.32. The maximum absolute atomic E-state index is 9.44. The topological polar surface area (TPSA) is 23.5 Å². The van der Waals surface area contributed by atoms with Crippen molar-refractivity contribution in [2.24, 2.45) is 0 Å². The van der Waals surface area contributed by atoms with Crippen LogP contribution in [0.25, 0.3) is 0 Å². The van der Waals surface area contributed by atoms with Crippen LogP contribution in [0.15, 0.2) is 24.3 Å². The average Bonchev–Trinajstić information content (AvgIpc) is 2.64. The maximum atomic E-state index is 9.44. The van der Waals surface area contributed by atoms with Crippen LogP contribution < -0.4 is 0 Å². The molecule has 0 unspecified atom stereocenters. The summed E-state index contributed by atoms with van der Waals surface area (Å²) in [5.41, 5.74) is 2.76. The molecule has 0 spiro atoms. The molecule has 2 heteroatoms. The van der Waals surface area contributed by atoms with Gasteiger partial charge in [-0.3, -0.25) is 4.90 Å². The standard InChI is InChI=1S/C13H19NO/c1-2-11-4-3-5-12(8-11)9-14-7-6-13(15)10-14/h3-5,8,13,15H,2,6-7,9-10H2,1H3/t13-/m1/s1. The lowest BCUT2D eigenvalue weighted by atomic mass is 10.1. The highest BCUT2D eigenvalue weighted by Crippen LogP contribution is 2.14. The minimum atomic E-state index is -0.112. The molecule has 0 radical (unpaired) electrons. The third-order valence-electron chi connectivity index (χ3n) is 3.05. The van der Waals surface area contributed by atoms with Crippen molar-refractivity contribution in [3.05, 3.63) is 35.4 Å². The number of hydrogen-bond acceptors (Lipinski definition) is 2. The SMILES string of the molecule is CCc1cccc(CN2CC[C@@H](O)C2)c1. The second-order valence-electron chi connectivity index (χ2n) is 4.35. The summed E-state index contributed by atoms with van der Waals surface area (Å²) < 4.78 is 0. The molecule has 0 saturated carbocycles. The molecular weight excluding hydrogens is 186 g/mol. The van der Waals surface area contributed by atoms with Gasteiger partial charge >= 0.3 is 0 Å². The monoisotopic (exact) mass is 205 g/mol. The fourth-order valence-corrected chi connectivity index (χ4v) is 2.16. The van der Waals surface area contributed by atoms with E-state index in [9.17, 15) is 5.11 Å². The molecular formula is C13H19NO. The third-order valence-corrected chi connectivity index (χ3v) is 3.05. The van der Waals surface area contributed by atoms with Crippen LogP contribution in [-0.4, -0.2) is 29.2 Å². The summed E-state index contributed by atoms with van der Waals surface area (Å²) in [6.07, 6.45) is 1.91. The van der Waals surface area contributed by atoms with E-state index in [2.05, 4.69) is 36.1 Å². The smallest absolute Gasteiger partial charge is 0.0679 e. The molecule has 0 aliphatic carbocycles. The van der Waals surface area contributed by atoms with E-state index in [1.807, 2.05) is 0 Å². The van der Waals surface area contributed by atoms with Crippen molar-refractivity contribution in [2.45, 2.75) is 32.4 Å². The number of aliphatic hydroxyl groups is 1. The lowest BCUT2D eigenvalue weighted by molar-refractivity contribution is 0.175. The van der Waals surface area contributed by atoms with Crippen LogP contribution in [-0.2, 0) is 13.0 Å². The number of aliphatic hydroxyl groups excluding tert-OH is 1. The minimum absolute atomic E-state index is 0.112. The Morgan fingerprint density at radius 1 is 1.40 bits per heavy atom. The summed E-state index contributed by atoms with van der Waals surface area (Å²) >= 11 is 0. The summed E-state index contributed by atoms with van der Waals surface area (Å²) in [6, 6.07) is 8.73. The van der Waals surface area contributed by atoms with Crippen LogP contribution in [0, 0.1) is 0 Å². The zero-order chi connectivity index (χ0) is 10.7. The molecule has 0 amide bonds. The summed E-state index contributed by atoms with van der Waals surface area (Å²) in [5, 5.41) is 9.44. The summed E-state index contributed by atoms with van der Waals surface area (Å²) in [7, 11) is 0. The molecule has 1 heterocycles. The van der Waals surface area contributed by atoms with Crippen molar-refractivity contribution >= 4 is 0 Å². The Hall–Kier alpha value is -0.860. The van der Waals surface area contributed by atoms with Gasteiger partial charge in [0, 0.05) is 19.6 Å². The van der Waals surface area contributed by atoms with E-state index in [1.165, 1.54) is 11.1 Å². The molecule has 1 fully saturated rings. The van der Waals surface area contributed by atoms with E-state index in [4.69, 9.17) is 0 Å². The van der Waals surface area contributed by atoms with Gasteiger partial charge in [-0.15, -0.1) is 0 Å². The number of nitrogens with zero attached hydrogens (tertiary/aromatic N) is 1. The number of β-amino-alcohol motifs (C(OH)–C–C–N with tert-alkyl or cyclic N) is 1. The predicted octanol–water partition coefficient (Wildman–Crippen LogP) is 1.82. The van der Waals surface area contributed by atoms with Gasteiger partial charge in [0.05, 0.1) is 6.10 Å². The molecule has 2 rings (SSSR count). The summed E-state index contributed by atoms with van der Waals surface area (Å²) in [5.74, 6) is 0. The van der Waals surface area contributed by atoms with Crippen LogP contribution in [0.4, 0.5) is 0 Å². The first kappa shape index (κ1) is 10.7. The molecule has 1 aromatic rings. The maximum Gasteiger partial charge on any atom is 0.0679 e. The van der Waals surface area contributed by atoms with Gasteiger partial charge in [-0.25, -0.2) is 0 Å². The van der Waals surface area contributed by atoms with E-state index in [-0.39, 0.29) is 6.10 Å². The fourth-order valence-electron chi connectivity index (χ4n) is 2.16. The predicted molar refractivity (Wildman–Crippen MR) is 61.7 cm³/mol. The first-order valence-electron chi connectivity index (χ1n) is 5.76. The number of rotatable bonds is 3. The number of hydrogen-bond donors (Lipinski definition) is 1. The molecule has 1 aromatic carbocycles. The van der Waals surface area contributed by atoms with Crippen LogP contribution >= 0.6 is 0 Å². The van der Waals surface area contributed by atoms with Gasteiger partial charge in [-0.05, 0) is 24.0 Å². The van der Waals surface area contributed by atoms with E-state index >= 15 is 0 Å². The number of aryl methyl sites for hydroxylation is 1. The Labute approximate surface area is 91.5 Å². The zero-order valence-corrected chi connectivity index (χ0v) is 9.32. The van der Waals surface area contributed by atoms with Crippen LogP contribution in [0.2, 0.25) is 0 Å². The van der Waals surface area contributed by atoms with Gasteiger partial charge in [0.25, 0.3) is 0 Å². The first-order valence-corrected chi connectivity index (χ1v) is 5.76. The number of likely N-dealkylation sites (tertiary alicyclic amines) is 1.